The number of nitrogens with zero attached hydrogens (tertiary/aromatic N) is 1. The lowest BCUT2D eigenvalue weighted by atomic mass is 9.61. The SMILES string of the molecule is CN=Cc1cc(C=C2[C@@H]3CCC[C@H]2C3)ccc1N. The quantitative estimate of drug-likeness (QED) is 0.623. The number of allylic oxidation sites excluding steroid dienone is 1. The van der Waals surface area contributed by atoms with Gasteiger partial charge in [-0.05, 0) is 48.8 Å². The summed E-state index contributed by atoms with van der Waals surface area (Å²) in [5.74, 6) is 1.73. The summed E-state index contributed by atoms with van der Waals surface area (Å²) < 4.78 is 0. The fourth-order valence-electron chi connectivity index (χ4n) is 3.33. The number of nitrogen functional groups attached to an aromatic ring is 1. The van der Waals surface area contributed by atoms with Gasteiger partial charge in [0.15, 0.2) is 0 Å². The summed E-state index contributed by atoms with van der Waals surface area (Å²) in [5, 5.41) is 0. The van der Waals surface area contributed by atoms with Crippen molar-refractivity contribution in [2.45, 2.75) is 25.7 Å². The third-order valence-electron chi connectivity index (χ3n) is 4.33. The lowest BCUT2D eigenvalue weighted by Gasteiger charge is -2.44. The summed E-state index contributed by atoms with van der Waals surface area (Å²) in [7, 11) is 1.78. The van der Waals surface area contributed by atoms with Crippen molar-refractivity contribution in [1.29, 1.82) is 0 Å². The van der Waals surface area contributed by atoms with Crippen LogP contribution in [0.2, 0.25) is 0 Å². The monoisotopic (exact) mass is 240 g/mol. The van der Waals surface area contributed by atoms with E-state index in [-0.39, 0.29) is 0 Å². The Morgan fingerprint density at radius 1 is 1.28 bits per heavy atom. The highest BCUT2D eigenvalue weighted by molar-refractivity contribution is 5.88. The lowest BCUT2D eigenvalue weighted by molar-refractivity contribution is 0.218. The molecule has 1 aromatic carbocycles. The van der Waals surface area contributed by atoms with Crippen LogP contribution in [0.3, 0.4) is 0 Å². The third-order valence-corrected chi connectivity index (χ3v) is 4.33. The molecule has 0 amide bonds. The molecule has 94 valence electrons. The predicted octanol–water partition coefficient (Wildman–Crippen LogP) is 3.52. The second-order valence-electron chi connectivity index (χ2n) is 5.48. The molecule has 0 spiro atoms. The molecule has 0 aromatic heterocycles. The second kappa shape index (κ2) is 4.60. The van der Waals surface area contributed by atoms with Gasteiger partial charge >= 0.3 is 0 Å². The molecule has 2 bridgehead atoms. The van der Waals surface area contributed by atoms with Gasteiger partial charge in [0.1, 0.15) is 0 Å². The predicted molar refractivity (Wildman–Crippen MR) is 77.8 cm³/mol. The molecule has 0 aliphatic heterocycles. The maximum Gasteiger partial charge on any atom is 0.0403 e. The highest BCUT2D eigenvalue weighted by atomic mass is 14.6. The Hall–Kier alpha value is -1.57. The van der Waals surface area contributed by atoms with Gasteiger partial charge in [-0.2, -0.15) is 0 Å². The first kappa shape index (κ1) is 11.5. The topological polar surface area (TPSA) is 38.4 Å². The number of benzene rings is 1. The van der Waals surface area contributed by atoms with Crippen LogP contribution < -0.4 is 5.73 Å². The van der Waals surface area contributed by atoms with Crippen molar-refractivity contribution >= 4 is 18.0 Å². The van der Waals surface area contributed by atoms with Crippen LogP contribution in [0.1, 0.15) is 36.8 Å². The number of nitrogens with two attached hydrogens (primary N) is 1. The summed E-state index contributed by atoms with van der Waals surface area (Å²) in [6.07, 6.45) is 9.83. The van der Waals surface area contributed by atoms with Crippen molar-refractivity contribution in [3.05, 3.63) is 34.9 Å². The van der Waals surface area contributed by atoms with Crippen molar-refractivity contribution in [1.82, 2.24) is 0 Å². The molecule has 18 heavy (non-hydrogen) atoms. The van der Waals surface area contributed by atoms with Crippen molar-refractivity contribution in [3.8, 4) is 0 Å². The first-order valence-electron chi connectivity index (χ1n) is 6.81. The fraction of sp³-hybridized carbons (Fsp3) is 0.438. The Bertz CT molecular complexity index is 498. The first-order valence-corrected chi connectivity index (χ1v) is 6.81. The van der Waals surface area contributed by atoms with Crippen LogP contribution in [-0.2, 0) is 0 Å². The smallest absolute Gasteiger partial charge is 0.0403 e. The minimum atomic E-state index is 0.802. The fourth-order valence-corrected chi connectivity index (χ4v) is 3.33. The van der Waals surface area contributed by atoms with E-state index in [2.05, 4.69) is 23.2 Å². The Balaban J connectivity index is 1.89. The molecular weight excluding hydrogens is 220 g/mol. The average Bonchev–Trinajstić information content (AvgIpc) is 2.40. The first-order chi connectivity index (χ1) is 8.78. The van der Waals surface area contributed by atoms with Crippen LogP contribution in [0.4, 0.5) is 5.69 Å². The maximum absolute atomic E-state index is 5.93. The van der Waals surface area contributed by atoms with Gasteiger partial charge in [-0.1, -0.05) is 24.1 Å². The van der Waals surface area contributed by atoms with E-state index in [4.69, 9.17) is 5.73 Å². The van der Waals surface area contributed by atoms with Crippen molar-refractivity contribution in [2.24, 2.45) is 16.8 Å². The van der Waals surface area contributed by atoms with Crippen LogP contribution in [0, 0.1) is 11.8 Å². The van der Waals surface area contributed by atoms with Gasteiger partial charge in [0.25, 0.3) is 0 Å². The highest BCUT2D eigenvalue weighted by Gasteiger charge is 2.37. The zero-order valence-electron chi connectivity index (χ0n) is 10.9. The lowest BCUT2D eigenvalue weighted by Crippen LogP contribution is -2.32. The van der Waals surface area contributed by atoms with Gasteiger partial charge < -0.3 is 5.73 Å². The van der Waals surface area contributed by atoms with Gasteiger partial charge in [0.2, 0.25) is 0 Å². The van der Waals surface area contributed by atoms with E-state index in [0.29, 0.717) is 0 Å². The number of rotatable bonds is 2. The summed E-state index contributed by atoms with van der Waals surface area (Å²) in [5.41, 5.74) is 10.7. The van der Waals surface area contributed by atoms with E-state index in [0.717, 1.165) is 23.1 Å². The minimum Gasteiger partial charge on any atom is -0.398 e. The molecule has 2 nitrogen and oxygen atoms in total. The van der Waals surface area contributed by atoms with Crippen LogP contribution >= 0.6 is 0 Å². The minimum absolute atomic E-state index is 0.802. The van der Waals surface area contributed by atoms with Crippen molar-refractivity contribution < 1.29 is 0 Å². The van der Waals surface area contributed by atoms with Gasteiger partial charge in [0, 0.05) is 24.5 Å². The summed E-state index contributed by atoms with van der Waals surface area (Å²) in [6.45, 7) is 0. The zero-order valence-corrected chi connectivity index (χ0v) is 10.9. The normalized spacial score (nSPS) is 28.6. The van der Waals surface area contributed by atoms with Crippen molar-refractivity contribution in [3.63, 3.8) is 0 Å². The molecule has 2 N–H and O–H groups in total. The van der Waals surface area contributed by atoms with Crippen LogP contribution in [-0.4, -0.2) is 13.3 Å². The standard InChI is InChI=1S/C16H20N2/c1-18-10-14-7-11(5-6-16(14)17)8-15-12-3-2-4-13(15)9-12/h5-8,10,12-13H,2-4,9,17H2,1H3/t12-,13+. The Labute approximate surface area is 109 Å². The van der Waals surface area contributed by atoms with Gasteiger partial charge in [0.05, 0.1) is 0 Å². The van der Waals surface area contributed by atoms with E-state index in [1.807, 2.05) is 12.3 Å². The van der Waals surface area contributed by atoms with E-state index >= 15 is 0 Å². The molecule has 2 aliphatic carbocycles. The molecule has 0 unspecified atom stereocenters. The van der Waals surface area contributed by atoms with E-state index in [9.17, 15) is 0 Å². The Kier molecular flexibility index (Phi) is 2.94. The molecule has 2 aliphatic rings. The number of aliphatic imine (C=N–C) groups is 1. The molecule has 2 heteroatoms. The number of hydrogen-bond donors (Lipinski definition) is 1. The molecule has 0 heterocycles. The molecule has 2 atom stereocenters. The van der Waals surface area contributed by atoms with Crippen LogP contribution in [0.15, 0.2) is 28.8 Å². The number of fused-ring (bicyclic) bond motifs is 2. The molecule has 3 rings (SSSR count). The number of hydrogen-bond acceptors (Lipinski definition) is 2. The molecular formula is C16H20N2. The van der Waals surface area contributed by atoms with E-state index < -0.39 is 0 Å². The molecule has 2 fully saturated rings. The maximum atomic E-state index is 5.93. The Morgan fingerprint density at radius 3 is 2.72 bits per heavy atom. The largest absolute Gasteiger partial charge is 0.398 e. The molecule has 2 saturated carbocycles. The highest BCUT2D eigenvalue weighted by Crippen LogP contribution is 2.50. The third kappa shape index (κ3) is 1.96. The summed E-state index contributed by atoms with van der Waals surface area (Å²) in [6, 6.07) is 6.24. The van der Waals surface area contributed by atoms with Gasteiger partial charge in [-0.3, -0.25) is 4.99 Å². The Morgan fingerprint density at radius 2 is 2.06 bits per heavy atom. The summed E-state index contributed by atoms with van der Waals surface area (Å²) in [4.78, 5) is 4.05. The average molecular weight is 240 g/mol. The molecule has 0 saturated heterocycles. The second-order valence-corrected chi connectivity index (χ2v) is 5.48. The van der Waals surface area contributed by atoms with Crippen LogP contribution in [0.5, 0.6) is 0 Å². The summed E-state index contributed by atoms with van der Waals surface area (Å²) >= 11 is 0. The van der Waals surface area contributed by atoms with Crippen molar-refractivity contribution in [2.75, 3.05) is 12.8 Å². The number of anilines is 1. The van der Waals surface area contributed by atoms with Crippen LogP contribution in [0.25, 0.3) is 6.08 Å². The van der Waals surface area contributed by atoms with E-state index in [1.165, 1.54) is 31.2 Å². The zero-order chi connectivity index (χ0) is 12.5. The van der Waals surface area contributed by atoms with E-state index in [1.54, 1.807) is 12.6 Å². The van der Waals surface area contributed by atoms with Gasteiger partial charge in [-0.25, -0.2) is 0 Å². The molecule has 1 aromatic rings. The molecule has 0 radical (unpaired) electrons. The van der Waals surface area contributed by atoms with Gasteiger partial charge in [-0.15, -0.1) is 0 Å².